The van der Waals surface area contributed by atoms with Gasteiger partial charge in [0.05, 0.1) is 5.30 Å². The van der Waals surface area contributed by atoms with Crippen LogP contribution in [-0.2, 0) is 10.4 Å². The first-order valence-electron chi connectivity index (χ1n) is 3.25. The Morgan fingerprint density at radius 2 is 1.92 bits per heavy atom. The minimum Gasteiger partial charge on any atom is -0.321 e. The van der Waals surface area contributed by atoms with E-state index in [1.54, 1.807) is 18.2 Å². The number of hydrogen-bond acceptors (Lipinski definition) is 1. The smallest absolute Gasteiger partial charge is 0.321 e. The van der Waals surface area contributed by atoms with Crippen LogP contribution in [0.2, 0.25) is 0 Å². The van der Waals surface area contributed by atoms with Crippen LogP contribution >= 0.6 is 19.2 Å². The van der Waals surface area contributed by atoms with E-state index in [4.69, 9.17) is 21.4 Å². The Bertz CT molecular complexity index is 320. The van der Waals surface area contributed by atoms with Gasteiger partial charge in [-0.3, -0.25) is 4.57 Å². The van der Waals surface area contributed by atoms with Gasteiger partial charge in [-0.25, -0.2) is 0 Å². The molecule has 0 aliphatic heterocycles. The van der Waals surface area contributed by atoms with E-state index in [2.05, 4.69) is 0 Å². The maximum Gasteiger partial charge on any atom is 0.356 e. The summed E-state index contributed by atoms with van der Waals surface area (Å²) in [7, 11) is -4.16. The fourth-order valence-electron chi connectivity index (χ4n) is 0.908. The molecule has 0 amide bonds. The van der Waals surface area contributed by atoms with Gasteiger partial charge >= 0.3 is 7.60 Å². The van der Waals surface area contributed by atoms with Crippen molar-refractivity contribution in [3.8, 4) is 0 Å². The van der Waals surface area contributed by atoms with Crippen molar-refractivity contribution >= 4 is 24.5 Å². The van der Waals surface area contributed by atoms with Crippen LogP contribution in [0.3, 0.4) is 0 Å². The van der Waals surface area contributed by atoms with Gasteiger partial charge in [0.15, 0.2) is 0 Å². The SMILES string of the molecule is O=P(O)(O)c1ccccc1CCl. The molecule has 0 aliphatic rings. The molecule has 0 saturated carbocycles. The molecule has 3 nitrogen and oxygen atoms in total. The van der Waals surface area contributed by atoms with Gasteiger partial charge in [-0.05, 0) is 11.6 Å². The van der Waals surface area contributed by atoms with Gasteiger partial charge < -0.3 is 9.79 Å². The number of hydrogen-bond donors (Lipinski definition) is 2. The average Bonchev–Trinajstić information content (AvgIpc) is 2.03. The highest BCUT2D eigenvalue weighted by Crippen LogP contribution is 2.34. The zero-order valence-electron chi connectivity index (χ0n) is 6.14. The third-order valence-electron chi connectivity index (χ3n) is 1.45. The summed E-state index contributed by atoms with van der Waals surface area (Å²) >= 11 is 5.49. The Morgan fingerprint density at radius 1 is 1.33 bits per heavy atom. The molecule has 0 atom stereocenters. The van der Waals surface area contributed by atoms with E-state index in [0.29, 0.717) is 5.56 Å². The van der Waals surface area contributed by atoms with Crippen molar-refractivity contribution in [2.45, 2.75) is 5.88 Å². The van der Waals surface area contributed by atoms with Gasteiger partial charge in [-0.2, -0.15) is 0 Å². The van der Waals surface area contributed by atoms with E-state index in [9.17, 15) is 4.57 Å². The second kappa shape index (κ2) is 3.58. The highest BCUT2D eigenvalue weighted by Gasteiger charge is 2.19. The van der Waals surface area contributed by atoms with Crippen LogP contribution in [0.4, 0.5) is 0 Å². The van der Waals surface area contributed by atoms with Crippen molar-refractivity contribution in [2.24, 2.45) is 0 Å². The van der Waals surface area contributed by atoms with Crippen LogP contribution in [0.1, 0.15) is 5.56 Å². The molecule has 0 aliphatic carbocycles. The van der Waals surface area contributed by atoms with Gasteiger partial charge in [0.1, 0.15) is 0 Å². The molecule has 0 radical (unpaired) electrons. The fourth-order valence-corrected chi connectivity index (χ4v) is 2.04. The largest absolute Gasteiger partial charge is 0.356 e. The van der Waals surface area contributed by atoms with E-state index >= 15 is 0 Å². The summed E-state index contributed by atoms with van der Waals surface area (Å²) in [5.74, 6) is 0.112. The third-order valence-corrected chi connectivity index (χ3v) is 2.80. The quantitative estimate of drug-likeness (QED) is 0.565. The maximum atomic E-state index is 10.8. The zero-order chi connectivity index (χ0) is 9.19. The fraction of sp³-hybridized carbons (Fsp3) is 0.143. The monoisotopic (exact) mass is 206 g/mol. The Balaban J connectivity index is 3.23. The lowest BCUT2D eigenvalue weighted by molar-refractivity contribution is 0.387. The molecule has 1 aromatic carbocycles. The van der Waals surface area contributed by atoms with Crippen molar-refractivity contribution in [1.82, 2.24) is 0 Å². The molecule has 0 unspecified atom stereocenters. The lowest BCUT2D eigenvalue weighted by atomic mass is 10.2. The molecule has 0 spiro atoms. The van der Waals surface area contributed by atoms with Crippen LogP contribution in [0, 0.1) is 0 Å². The summed E-state index contributed by atoms with van der Waals surface area (Å²) in [5, 5.41) is 0.0139. The van der Waals surface area contributed by atoms with Crippen molar-refractivity contribution in [3.63, 3.8) is 0 Å². The van der Waals surface area contributed by atoms with Crippen LogP contribution in [0.25, 0.3) is 0 Å². The lowest BCUT2D eigenvalue weighted by Gasteiger charge is -2.07. The molecule has 1 aromatic rings. The Morgan fingerprint density at radius 3 is 2.33 bits per heavy atom. The van der Waals surface area contributed by atoms with E-state index in [1.165, 1.54) is 6.07 Å². The molecule has 5 heteroatoms. The Labute approximate surface area is 75.2 Å². The van der Waals surface area contributed by atoms with E-state index in [0.717, 1.165) is 0 Å². The summed E-state index contributed by atoms with van der Waals surface area (Å²) in [5.41, 5.74) is 0.479. The summed E-state index contributed by atoms with van der Waals surface area (Å²) in [4.78, 5) is 17.7. The van der Waals surface area contributed by atoms with Crippen molar-refractivity contribution in [1.29, 1.82) is 0 Å². The molecular formula is C7H8ClO3P. The van der Waals surface area contributed by atoms with Gasteiger partial charge in [0.2, 0.25) is 0 Å². The predicted molar refractivity (Wildman–Crippen MR) is 47.7 cm³/mol. The molecule has 0 fully saturated rings. The highest BCUT2D eigenvalue weighted by molar-refractivity contribution is 7.60. The van der Waals surface area contributed by atoms with E-state index < -0.39 is 7.60 Å². The van der Waals surface area contributed by atoms with Crippen LogP contribution in [0.15, 0.2) is 24.3 Å². The second-order valence-electron chi connectivity index (χ2n) is 2.31. The molecule has 0 bridgehead atoms. The van der Waals surface area contributed by atoms with Crippen molar-refractivity contribution in [3.05, 3.63) is 29.8 Å². The minimum absolute atomic E-state index is 0.0139. The third kappa shape index (κ3) is 2.08. The first-order valence-corrected chi connectivity index (χ1v) is 5.40. The zero-order valence-corrected chi connectivity index (χ0v) is 7.79. The first kappa shape index (κ1) is 9.75. The molecule has 0 heterocycles. The number of rotatable bonds is 2. The molecule has 12 heavy (non-hydrogen) atoms. The topological polar surface area (TPSA) is 57.5 Å². The minimum atomic E-state index is -4.16. The Kier molecular flexibility index (Phi) is 2.91. The van der Waals surface area contributed by atoms with Crippen molar-refractivity contribution in [2.75, 3.05) is 0 Å². The first-order chi connectivity index (χ1) is 5.55. The van der Waals surface area contributed by atoms with Gasteiger partial charge in [-0.1, -0.05) is 18.2 Å². The van der Waals surface area contributed by atoms with Crippen molar-refractivity contribution < 1.29 is 14.4 Å². The molecule has 2 N–H and O–H groups in total. The maximum absolute atomic E-state index is 10.8. The summed E-state index contributed by atoms with van der Waals surface area (Å²) in [6.07, 6.45) is 0. The van der Waals surface area contributed by atoms with E-state index in [-0.39, 0.29) is 11.2 Å². The van der Waals surface area contributed by atoms with Crippen LogP contribution < -0.4 is 5.30 Å². The summed E-state index contributed by atoms with van der Waals surface area (Å²) in [6, 6.07) is 6.25. The van der Waals surface area contributed by atoms with Gasteiger partial charge in [0.25, 0.3) is 0 Å². The summed E-state index contributed by atoms with van der Waals surface area (Å²) < 4.78 is 10.8. The number of alkyl halides is 1. The molecule has 1 rings (SSSR count). The molecular weight excluding hydrogens is 199 g/mol. The molecule has 0 aromatic heterocycles. The lowest BCUT2D eigenvalue weighted by Crippen LogP contribution is -2.08. The van der Waals surface area contributed by atoms with Crippen LogP contribution in [0.5, 0.6) is 0 Å². The van der Waals surface area contributed by atoms with Gasteiger partial charge in [0, 0.05) is 5.88 Å². The standard InChI is InChI=1S/C7H8ClO3P/c8-5-6-3-1-2-4-7(6)12(9,10)11/h1-4H,5H2,(H2,9,10,11). The van der Waals surface area contributed by atoms with Gasteiger partial charge in [-0.15, -0.1) is 11.6 Å². The second-order valence-corrected chi connectivity index (χ2v) is 4.14. The predicted octanol–water partition coefficient (Wildman–Crippen LogP) is 1.23. The number of halogens is 1. The van der Waals surface area contributed by atoms with E-state index in [1.807, 2.05) is 0 Å². The summed E-state index contributed by atoms with van der Waals surface area (Å²) in [6.45, 7) is 0. The highest BCUT2D eigenvalue weighted by atomic mass is 35.5. The number of benzene rings is 1. The Hall–Kier alpha value is -0.340. The average molecular weight is 207 g/mol. The molecule has 0 saturated heterocycles. The molecule has 66 valence electrons. The van der Waals surface area contributed by atoms with Crippen LogP contribution in [-0.4, -0.2) is 9.79 Å². The normalized spacial score (nSPS) is 11.6.